The summed E-state index contributed by atoms with van der Waals surface area (Å²) in [6.07, 6.45) is -4.68. The summed E-state index contributed by atoms with van der Waals surface area (Å²) in [6, 6.07) is 14.2. The van der Waals surface area contributed by atoms with Gasteiger partial charge in [0, 0.05) is 17.2 Å². The number of fused-ring (bicyclic) bond motifs is 1. The Morgan fingerprint density at radius 1 is 1.03 bits per heavy atom. The molecule has 0 saturated carbocycles. The van der Waals surface area contributed by atoms with Gasteiger partial charge in [0.2, 0.25) is 0 Å². The lowest BCUT2D eigenvalue weighted by molar-refractivity contribution is -0.137. The van der Waals surface area contributed by atoms with Crippen molar-refractivity contribution in [2.24, 2.45) is 0 Å². The quantitative estimate of drug-likeness (QED) is 0.388. The van der Waals surface area contributed by atoms with Crippen molar-refractivity contribution < 1.29 is 31.2 Å². The van der Waals surface area contributed by atoms with E-state index in [0.29, 0.717) is 16.8 Å². The molecule has 11 heteroatoms. The van der Waals surface area contributed by atoms with E-state index in [0.717, 1.165) is 12.1 Å². The number of sulfonamides is 1. The number of aromatic amines is 1. The van der Waals surface area contributed by atoms with Crippen molar-refractivity contribution >= 4 is 21.1 Å². The first-order valence-corrected chi connectivity index (χ1v) is 11.1. The van der Waals surface area contributed by atoms with Crippen molar-refractivity contribution in [3.8, 4) is 22.9 Å². The standard InChI is InChI=1S/C22H18F3N3O4S/c1-13-19(32-28-33(29,30)15-6-4-3-5-7-15)11-9-16(22(23,24)25)20(13)21-26-17-10-8-14(31-2)12-18(17)27-21/h3-12,28H,1-2H3,(H,26,27). The number of nitrogens with one attached hydrogen (secondary N) is 2. The molecule has 0 amide bonds. The first-order valence-electron chi connectivity index (χ1n) is 9.59. The van der Waals surface area contributed by atoms with Gasteiger partial charge in [-0.3, -0.25) is 0 Å². The highest BCUT2D eigenvalue weighted by molar-refractivity contribution is 7.89. The summed E-state index contributed by atoms with van der Waals surface area (Å²) in [5.41, 5.74) is -0.229. The molecule has 1 heterocycles. The highest BCUT2D eigenvalue weighted by Crippen LogP contribution is 2.41. The maximum atomic E-state index is 13.8. The molecule has 0 spiro atoms. The number of aromatic nitrogens is 2. The van der Waals surface area contributed by atoms with Crippen molar-refractivity contribution in [2.45, 2.75) is 18.0 Å². The van der Waals surface area contributed by atoms with E-state index in [2.05, 4.69) is 9.97 Å². The minimum absolute atomic E-state index is 0.0422. The molecule has 3 aromatic carbocycles. The highest BCUT2D eigenvalue weighted by atomic mass is 32.2. The van der Waals surface area contributed by atoms with E-state index in [1.165, 1.54) is 38.3 Å². The SMILES string of the molecule is COc1ccc2nc(-c3c(C(F)(F)F)ccc(ONS(=O)(=O)c4ccccc4)c3C)[nH]c2c1. The zero-order valence-corrected chi connectivity index (χ0v) is 18.2. The van der Waals surface area contributed by atoms with Gasteiger partial charge in [0.1, 0.15) is 11.6 Å². The number of ether oxygens (including phenoxy) is 1. The Morgan fingerprint density at radius 3 is 2.42 bits per heavy atom. The van der Waals surface area contributed by atoms with E-state index >= 15 is 0 Å². The van der Waals surface area contributed by atoms with E-state index in [-0.39, 0.29) is 27.6 Å². The lowest BCUT2D eigenvalue weighted by Crippen LogP contribution is -2.27. The number of hydrogen-bond donors (Lipinski definition) is 2. The Morgan fingerprint density at radius 2 is 1.76 bits per heavy atom. The lowest BCUT2D eigenvalue weighted by atomic mass is 10.00. The predicted octanol–water partition coefficient (Wildman–Crippen LogP) is 4.84. The Labute approximate surface area is 187 Å². The normalized spacial score (nSPS) is 12.2. The van der Waals surface area contributed by atoms with Crippen LogP contribution < -0.4 is 14.5 Å². The van der Waals surface area contributed by atoms with Crippen molar-refractivity contribution in [2.75, 3.05) is 7.11 Å². The molecule has 1 aromatic heterocycles. The second-order valence-corrected chi connectivity index (χ2v) is 8.72. The summed E-state index contributed by atoms with van der Waals surface area (Å²) in [4.78, 5) is 14.3. The van der Waals surface area contributed by atoms with Gasteiger partial charge in [0.25, 0.3) is 10.0 Å². The fraction of sp³-hybridized carbons (Fsp3) is 0.136. The molecule has 0 radical (unpaired) electrons. The van der Waals surface area contributed by atoms with Gasteiger partial charge < -0.3 is 14.6 Å². The fourth-order valence-electron chi connectivity index (χ4n) is 3.33. The molecule has 2 N–H and O–H groups in total. The summed E-state index contributed by atoms with van der Waals surface area (Å²) in [5.74, 6) is 0.368. The van der Waals surface area contributed by atoms with Gasteiger partial charge in [-0.05, 0) is 48.2 Å². The van der Waals surface area contributed by atoms with Crippen LogP contribution in [-0.2, 0) is 16.2 Å². The molecule has 0 atom stereocenters. The molecule has 0 saturated heterocycles. The molecular formula is C22H18F3N3O4S. The van der Waals surface area contributed by atoms with Crippen LogP contribution in [0.25, 0.3) is 22.4 Å². The molecule has 0 aliphatic rings. The maximum absolute atomic E-state index is 13.8. The minimum Gasteiger partial charge on any atom is -0.497 e. The average Bonchev–Trinajstić information content (AvgIpc) is 3.20. The molecule has 0 aliphatic carbocycles. The summed E-state index contributed by atoms with van der Waals surface area (Å²) >= 11 is 0. The van der Waals surface area contributed by atoms with E-state index < -0.39 is 21.8 Å². The van der Waals surface area contributed by atoms with Crippen LogP contribution in [0.15, 0.2) is 65.6 Å². The summed E-state index contributed by atoms with van der Waals surface area (Å²) < 4.78 is 71.4. The molecule has 7 nitrogen and oxygen atoms in total. The van der Waals surface area contributed by atoms with Crippen LogP contribution in [0.3, 0.4) is 0 Å². The largest absolute Gasteiger partial charge is 0.497 e. The van der Waals surface area contributed by atoms with Crippen LogP contribution in [-0.4, -0.2) is 25.5 Å². The van der Waals surface area contributed by atoms with E-state index in [1.807, 2.05) is 4.89 Å². The minimum atomic E-state index is -4.68. The van der Waals surface area contributed by atoms with E-state index in [1.54, 1.807) is 24.3 Å². The highest BCUT2D eigenvalue weighted by Gasteiger charge is 2.36. The molecule has 4 rings (SSSR count). The monoisotopic (exact) mass is 477 g/mol. The number of H-pyrrole nitrogens is 1. The Kier molecular flexibility index (Phi) is 5.76. The molecule has 33 heavy (non-hydrogen) atoms. The number of rotatable bonds is 6. The summed E-state index contributed by atoms with van der Waals surface area (Å²) in [6.45, 7) is 1.39. The number of hydrogen-bond acceptors (Lipinski definition) is 5. The van der Waals surface area contributed by atoms with Gasteiger partial charge in [0.05, 0.1) is 28.6 Å². The number of alkyl halides is 3. The third-order valence-electron chi connectivity index (χ3n) is 4.96. The molecule has 0 bridgehead atoms. The van der Waals surface area contributed by atoms with Crippen molar-refractivity contribution in [3.63, 3.8) is 0 Å². The van der Waals surface area contributed by atoms with Crippen LogP contribution >= 0.6 is 0 Å². The van der Waals surface area contributed by atoms with Crippen molar-refractivity contribution in [1.29, 1.82) is 0 Å². The number of imidazole rings is 1. The number of benzene rings is 3. The Bertz CT molecular complexity index is 1420. The second kappa shape index (κ2) is 8.41. The number of methoxy groups -OCH3 is 1. The van der Waals surface area contributed by atoms with Gasteiger partial charge in [-0.1, -0.05) is 18.2 Å². The maximum Gasteiger partial charge on any atom is 0.417 e. The molecule has 0 fully saturated rings. The number of halogens is 3. The third-order valence-corrected chi connectivity index (χ3v) is 6.16. The van der Waals surface area contributed by atoms with Gasteiger partial charge in [0.15, 0.2) is 5.75 Å². The molecule has 0 aliphatic heterocycles. The third kappa shape index (κ3) is 4.50. The van der Waals surface area contributed by atoms with E-state index in [4.69, 9.17) is 9.57 Å². The van der Waals surface area contributed by atoms with Crippen LogP contribution in [0.5, 0.6) is 11.5 Å². The number of nitrogens with zero attached hydrogens (tertiary/aromatic N) is 1. The van der Waals surface area contributed by atoms with Crippen LogP contribution in [0, 0.1) is 6.92 Å². The van der Waals surface area contributed by atoms with Crippen molar-refractivity contribution in [3.05, 3.63) is 71.8 Å². The van der Waals surface area contributed by atoms with E-state index in [9.17, 15) is 21.6 Å². The topological polar surface area (TPSA) is 93.3 Å². The molecule has 0 unspecified atom stereocenters. The van der Waals surface area contributed by atoms with Crippen molar-refractivity contribution in [1.82, 2.24) is 14.9 Å². The first-order chi connectivity index (χ1) is 15.6. The zero-order chi connectivity index (χ0) is 23.8. The summed E-state index contributed by atoms with van der Waals surface area (Å²) in [5, 5.41) is 0. The molecular weight excluding hydrogens is 459 g/mol. The first kappa shape index (κ1) is 22.6. The van der Waals surface area contributed by atoms with Crippen LogP contribution in [0.1, 0.15) is 11.1 Å². The Hall–Kier alpha value is -3.57. The fourth-order valence-corrected chi connectivity index (χ4v) is 4.14. The van der Waals surface area contributed by atoms with Gasteiger partial charge >= 0.3 is 6.18 Å². The van der Waals surface area contributed by atoms with Gasteiger partial charge in [-0.25, -0.2) is 13.4 Å². The van der Waals surface area contributed by atoms with Gasteiger partial charge in [-0.2, -0.15) is 13.2 Å². The lowest BCUT2D eigenvalue weighted by Gasteiger charge is -2.17. The molecule has 172 valence electrons. The average molecular weight is 477 g/mol. The molecule has 4 aromatic rings. The Balaban J connectivity index is 1.77. The summed E-state index contributed by atoms with van der Waals surface area (Å²) in [7, 11) is -2.58. The van der Waals surface area contributed by atoms with Gasteiger partial charge in [-0.15, -0.1) is 0 Å². The smallest absolute Gasteiger partial charge is 0.417 e. The van der Waals surface area contributed by atoms with Crippen LogP contribution in [0.4, 0.5) is 13.2 Å². The predicted molar refractivity (Wildman–Crippen MR) is 115 cm³/mol. The van der Waals surface area contributed by atoms with Crippen LogP contribution in [0.2, 0.25) is 0 Å². The second-order valence-electron chi connectivity index (χ2n) is 7.08. The zero-order valence-electron chi connectivity index (χ0n) is 17.4.